The number of hydrogen-bond acceptors (Lipinski definition) is 3. The quantitative estimate of drug-likeness (QED) is 0.596. The van der Waals surface area contributed by atoms with E-state index in [0.29, 0.717) is 0 Å². The molecule has 0 aliphatic carbocycles. The predicted octanol–water partition coefficient (Wildman–Crippen LogP) is 2.26. The zero-order valence-corrected chi connectivity index (χ0v) is 7.30. The summed E-state index contributed by atoms with van der Waals surface area (Å²) in [6.07, 6.45) is 1.15. The lowest BCUT2D eigenvalue weighted by molar-refractivity contribution is 0.470. The van der Waals surface area contributed by atoms with E-state index in [1.165, 1.54) is 12.1 Å². The van der Waals surface area contributed by atoms with Crippen molar-refractivity contribution in [3.05, 3.63) is 22.4 Å². The number of phenols is 1. The van der Waals surface area contributed by atoms with Crippen LogP contribution in [0.4, 0.5) is 10.1 Å². The molecule has 5 heteroatoms. The fourth-order valence-electron chi connectivity index (χ4n) is 0.682. The molecule has 0 atom stereocenters. The van der Waals surface area contributed by atoms with Crippen molar-refractivity contribution in [2.45, 2.75) is 0 Å². The van der Waals surface area contributed by atoms with E-state index >= 15 is 0 Å². The Labute approximate surface area is 75.7 Å². The Kier molecular flexibility index (Phi) is 2.58. The summed E-state index contributed by atoms with van der Waals surface area (Å²) in [7, 11) is 0. The second-order valence-electron chi connectivity index (χ2n) is 1.93. The number of halogens is 2. The van der Waals surface area contributed by atoms with Gasteiger partial charge in [-0.15, -0.1) is 0 Å². The van der Waals surface area contributed by atoms with Crippen molar-refractivity contribution in [2.75, 3.05) is 0 Å². The molecule has 1 aromatic carbocycles. The van der Waals surface area contributed by atoms with Crippen LogP contribution in [0.5, 0.6) is 5.75 Å². The lowest BCUT2D eigenvalue weighted by Gasteiger charge is -1.99. The number of rotatable bonds is 1. The van der Waals surface area contributed by atoms with Crippen molar-refractivity contribution < 1.29 is 14.3 Å². The monoisotopic (exact) mass is 231 g/mol. The molecule has 0 fully saturated rings. The van der Waals surface area contributed by atoms with Gasteiger partial charge in [0.25, 0.3) is 0 Å². The first-order valence-electron chi connectivity index (χ1n) is 2.91. The minimum Gasteiger partial charge on any atom is -0.506 e. The second-order valence-corrected chi connectivity index (χ2v) is 2.79. The Morgan fingerprint density at radius 2 is 2.25 bits per heavy atom. The molecule has 0 aliphatic heterocycles. The summed E-state index contributed by atoms with van der Waals surface area (Å²) >= 11 is 2.87. The van der Waals surface area contributed by atoms with Crippen LogP contribution in [0, 0.1) is 5.82 Å². The molecule has 0 spiro atoms. The highest BCUT2D eigenvalue weighted by Crippen LogP contribution is 2.33. The maximum absolute atomic E-state index is 13.0. The van der Waals surface area contributed by atoms with Crippen molar-refractivity contribution in [1.82, 2.24) is 0 Å². The van der Waals surface area contributed by atoms with Gasteiger partial charge in [0.05, 0.1) is 4.47 Å². The lowest BCUT2D eigenvalue weighted by Crippen LogP contribution is -1.78. The predicted molar refractivity (Wildman–Crippen MR) is 43.5 cm³/mol. The molecular weight excluding hydrogens is 229 g/mol. The van der Waals surface area contributed by atoms with E-state index in [2.05, 4.69) is 20.9 Å². The van der Waals surface area contributed by atoms with Crippen LogP contribution in [0.3, 0.4) is 0 Å². The average Bonchev–Trinajstić information content (AvgIpc) is 2.06. The molecule has 0 unspecified atom stereocenters. The number of aromatic hydroxyl groups is 1. The zero-order valence-electron chi connectivity index (χ0n) is 5.71. The summed E-state index contributed by atoms with van der Waals surface area (Å²) < 4.78 is 13.1. The number of phenolic OH excluding ortho intramolecular Hbond substituents is 1. The van der Waals surface area contributed by atoms with E-state index in [1.54, 1.807) is 0 Å². The van der Waals surface area contributed by atoms with Crippen molar-refractivity contribution in [3.8, 4) is 5.75 Å². The SMILES string of the molecule is O=C=Nc1c(O)ccc(Br)c1F. The summed E-state index contributed by atoms with van der Waals surface area (Å²) in [5, 5.41) is 9.01. The number of isocyanates is 1. The van der Waals surface area contributed by atoms with E-state index in [4.69, 9.17) is 5.11 Å². The fraction of sp³-hybridized carbons (Fsp3) is 0. The highest BCUT2D eigenvalue weighted by atomic mass is 79.9. The van der Waals surface area contributed by atoms with Crippen LogP contribution in [0.2, 0.25) is 0 Å². The van der Waals surface area contributed by atoms with Gasteiger partial charge in [0.1, 0.15) is 5.75 Å². The number of hydrogen-bond donors (Lipinski definition) is 1. The second kappa shape index (κ2) is 3.47. The van der Waals surface area contributed by atoms with Crippen molar-refractivity contribution in [3.63, 3.8) is 0 Å². The van der Waals surface area contributed by atoms with Gasteiger partial charge in [-0.1, -0.05) is 0 Å². The van der Waals surface area contributed by atoms with E-state index in [1.807, 2.05) is 0 Å². The lowest BCUT2D eigenvalue weighted by atomic mass is 10.3. The van der Waals surface area contributed by atoms with Gasteiger partial charge in [0.15, 0.2) is 11.5 Å². The highest BCUT2D eigenvalue weighted by Gasteiger charge is 2.09. The minimum atomic E-state index is -0.779. The van der Waals surface area contributed by atoms with Gasteiger partial charge >= 0.3 is 0 Å². The molecule has 1 rings (SSSR count). The number of carbonyl (C=O) groups excluding carboxylic acids is 1. The first-order chi connectivity index (χ1) is 5.66. The third kappa shape index (κ3) is 1.52. The van der Waals surface area contributed by atoms with Gasteiger partial charge in [0, 0.05) is 0 Å². The van der Waals surface area contributed by atoms with E-state index in [0.717, 1.165) is 6.08 Å². The molecular formula is C7H3BrFNO2. The molecule has 0 amide bonds. The van der Waals surface area contributed by atoms with Gasteiger partial charge in [-0.05, 0) is 28.1 Å². The van der Waals surface area contributed by atoms with Gasteiger partial charge in [-0.2, -0.15) is 4.99 Å². The third-order valence-corrected chi connectivity index (χ3v) is 1.82. The van der Waals surface area contributed by atoms with Crippen LogP contribution >= 0.6 is 15.9 Å². The molecule has 0 heterocycles. The summed E-state index contributed by atoms with van der Waals surface area (Å²) in [6.45, 7) is 0. The topological polar surface area (TPSA) is 49.7 Å². The van der Waals surface area contributed by atoms with Gasteiger partial charge in [-0.25, -0.2) is 9.18 Å². The van der Waals surface area contributed by atoms with Gasteiger partial charge in [-0.3, -0.25) is 0 Å². The van der Waals surface area contributed by atoms with Crippen molar-refractivity contribution in [1.29, 1.82) is 0 Å². The molecule has 0 saturated carbocycles. The molecule has 1 aromatic rings. The van der Waals surface area contributed by atoms with Crippen LogP contribution in [0.25, 0.3) is 0 Å². The molecule has 62 valence electrons. The van der Waals surface area contributed by atoms with Gasteiger partial charge < -0.3 is 5.11 Å². The maximum atomic E-state index is 13.0. The van der Waals surface area contributed by atoms with Crippen LogP contribution < -0.4 is 0 Å². The molecule has 12 heavy (non-hydrogen) atoms. The Morgan fingerprint density at radius 3 is 2.83 bits per heavy atom. The Morgan fingerprint density at radius 1 is 1.58 bits per heavy atom. The Hall–Kier alpha value is -1.19. The molecule has 0 saturated heterocycles. The maximum Gasteiger partial charge on any atom is 0.240 e. The third-order valence-electron chi connectivity index (χ3n) is 1.21. The van der Waals surface area contributed by atoms with Crippen LogP contribution in [0.15, 0.2) is 21.6 Å². The van der Waals surface area contributed by atoms with Crippen molar-refractivity contribution >= 4 is 27.7 Å². The molecule has 0 radical (unpaired) electrons. The highest BCUT2D eigenvalue weighted by molar-refractivity contribution is 9.10. The molecule has 3 nitrogen and oxygen atoms in total. The van der Waals surface area contributed by atoms with Crippen LogP contribution in [0.1, 0.15) is 0 Å². The minimum absolute atomic E-state index is 0.134. The smallest absolute Gasteiger partial charge is 0.240 e. The van der Waals surface area contributed by atoms with Crippen LogP contribution in [-0.2, 0) is 4.79 Å². The summed E-state index contributed by atoms with van der Waals surface area (Å²) in [5.74, 6) is -1.17. The molecule has 0 aliphatic rings. The Balaban J connectivity index is 3.42. The van der Waals surface area contributed by atoms with E-state index in [9.17, 15) is 9.18 Å². The molecule has 0 bridgehead atoms. The standard InChI is InChI=1S/C7H3BrFNO2/c8-4-1-2-5(12)7(6(4)9)10-3-11/h1-2,12H. The van der Waals surface area contributed by atoms with Crippen molar-refractivity contribution in [2.24, 2.45) is 4.99 Å². The zero-order chi connectivity index (χ0) is 9.14. The summed E-state index contributed by atoms with van der Waals surface area (Å²) in [5.41, 5.74) is -0.403. The largest absolute Gasteiger partial charge is 0.506 e. The van der Waals surface area contributed by atoms with E-state index < -0.39 is 11.5 Å². The molecule has 0 aromatic heterocycles. The summed E-state index contributed by atoms with van der Waals surface area (Å²) in [6, 6.07) is 2.54. The van der Waals surface area contributed by atoms with Gasteiger partial charge in [0.2, 0.25) is 6.08 Å². The summed E-state index contributed by atoms with van der Waals surface area (Å²) in [4.78, 5) is 12.8. The Bertz CT molecular complexity index is 361. The fourth-order valence-corrected chi connectivity index (χ4v) is 1.00. The number of benzene rings is 1. The van der Waals surface area contributed by atoms with E-state index in [-0.39, 0.29) is 10.2 Å². The first-order valence-corrected chi connectivity index (χ1v) is 3.71. The van der Waals surface area contributed by atoms with Crippen LogP contribution in [-0.4, -0.2) is 11.2 Å². The average molecular weight is 232 g/mol. The number of aliphatic imine (C=N–C) groups is 1. The normalized spacial score (nSPS) is 9.17. The number of nitrogens with zero attached hydrogens (tertiary/aromatic N) is 1. The first kappa shape index (κ1) is 8.90. The molecule has 1 N–H and O–H groups in total.